The zero-order valence-corrected chi connectivity index (χ0v) is 12.3. The van der Waals surface area contributed by atoms with Gasteiger partial charge in [-0.15, -0.1) is 0 Å². The van der Waals surface area contributed by atoms with Gasteiger partial charge in [0.05, 0.1) is 6.61 Å². The van der Waals surface area contributed by atoms with Gasteiger partial charge in [-0.25, -0.2) is 0 Å². The molecule has 1 unspecified atom stereocenters. The molecule has 0 saturated heterocycles. The minimum atomic E-state index is 0.530. The van der Waals surface area contributed by atoms with Crippen LogP contribution in [-0.4, -0.2) is 11.9 Å². The summed E-state index contributed by atoms with van der Waals surface area (Å²) >= 11 is 15.3. The van der Waals surface area contributed by atoms with E-state index in [1.165, 1.54) is 0 Å². The third-order valence-electron chi connectivity index (χ3n) is 2.24. The number of hydrogen-bond acceptors (Lipinski definition) is 1. The van der Waals surface area contributed by atoms with Gasteiger partial charge in [-0.1, -0.05) is 52.5 Å². The molecular weight excluding hydrogens is 311 g/mol. The molecule has 0 bridgehead atoms. The predicted molar refractivity (Wildman–Crippen MR) is 74.1 cm³/mol. The van der Waals surface area contributed by atoms with Gasteiger partial charge >= 0.3 is 0 Å². The molecule has 0 aromatic heterocycles. The Morgan fingerprint density at radius 3 is 2.38 bits per heavy atom. The van der Waals surface area contributed by atoms with Crippen LogP contribution in [0.4, 0.5) is 0 Å². The molecule has 90 valence electrons. The number of alkyl halides is 1. The van der Waals surface area contributed by atoms with Crippen LogP contribution in [0.25, 0.3) is 0 Å². The molecule has 0 aliphatic rings. The van der Waals surface area contributed by atoms with Crippen molar-refractivity contribution in [3.05, 3.63) is 28.2 Å². The van der Waals surface area contributed by atoms with Crippen molar-refractivity contribution in [1.82, 2.24) is 0 Å². The molecule has 1 atom stereocenters. The molecule has 0 heterocycles. The number of rotatable bonds is 6. The molecule has 16 heavy (non-hydrogen) atoms. The first-order chi connectivity index (χ1) is 7.65. The van der Waals surface area contributed by atoms with Crippen LogP contribution in [0.1, 0.15) is 19.8 Å². The Morgan fingerprint density at radius 1 is 1.25 bits per heavy atom. The van der Waals surface area contributed by atoms with Crippen LogP contribution >= 0.6 is 39.1 Å². The molecule has 1 aromatic carbocycles. The molecule has 0 radical (unpaired) electrons. The second-order valence-electron chi connectivity index (χ2n) is 3.73. The molecule has 0 spiro atoms. The normalized spacial score (nSPS) is 12.5. The molecule has 0 aliphatic heterocycles. The van der Waals surface area contributed by atoms with E-state index in [4.69, 9.17) is 27.9 Å². The SMILES string of the molecule is CCCC(CBr)COc1cc(Cl)cc(Cl)c1. The summed E-state index contributed by atoms with van der Waals surface area (Å²) in [7, 11) is 0. The predicted octanol–water partition coefficient (Wildman–Crippen LogP) is 5.18. The Bertz CT molecular complexity index is 311. The Hall–Kier alpha value is 0.0800. The average molecular weight is 326 g/mol. The van der Waals surface area contributed by atoms with Gasteiger partial charge in [0.25, 0.3) is 0 Å². The number of benzene rings is 1. The summed E-state index contributed by atoms with van der Waals surface area (Å²) in [6, 6.07) is 5.26. The highest BCUT2D eigenvalue weighted by atomic mass is 79.9. The monoisotopic (exact) mass is 324 g/mol. The lowest BCUT2D eigenvalue weighted by atomic mass is 10.1. The summed E-state index contributed by atoms with van der Waals surface area (Å²) in [5.41, 5.74) is 0. The van der Waals surface area contributed by atoms with E-state index in [9.17, 15) is 0 Å². The smallest absolute Gasteiger partial charge is 0.122 e. The van der Waals surface area contributed by atoms with E-state index >= 15 is 0 Å². The summed E-state index contributed by atoms with van der Waals surface area (Å²) in [5, 5.41) is 2.16. The Morgan fingerprint density at radius 2 is 1.88 bits per heavy atom. The highest BCUT2D eigenvalue weighted by Crippen LogP contribution is 2.25. The molecule has 1 nitrogen and oxygen atoms in total. The van der Waals surface area contributed by atoms with Crippen molar-refractivity contribution < 1.29 is 4.74 Å². The van der Waals surface area contributed by atoms with Gasteiger partial charge in [0.2, 0.25) is 0 Å². The first-order valence-corrected chi connectivity index (χ1v) is 7.18. The molecule has 1 rings (SSSR count). The lowest BCUT2D eigenvalue weighted by Crippen LogP contribution is -2.13. The average Bonchev–Trinajstić information content (AvgIpc) is 2.23. The van der Waals surface area contributed by atoms with E-state index in [1.54, 1.807) is 18.2 Å². The summed E-state index contributed by atoms with van der Waals surface area (Å²) < 4.78 is 5.67. The molecule has 0 N–H and O–H groups in total. The maximum atomic E-state index is 5.89. The highest BCUT2D eigenvalue weighted by molar-refractivity contribution is 9.09. The lowest BCUT2D eigenvalue weighted by Gasteiger charge is -2.14. The zero-order chi connectivity index (χ0) is 12.0. The molecule has 4 heteroatoms. The van der Waals surface area contributed by atoms with Crippen LogP contribution in [0.3, 0.4) is 0 Å². The van der Waals surface area contributed by atoms with Gasteiger partial charge < -0.3 is 4.74 Å². The van der Waals surface area contributed by atoms with Crippen LogP contribution in [0.2, 0.25) is 10.0 Å². The molecule has 0 aliphatic carbocycles. The van der Waals surface area contributed by atoms with Crippen LogP contribution < -0.4 is 4.74 Å². The van der Waals surface area contributed by atoms with Crippen molar-refractivity contribution >= 4 is 39.1 Å². The third kappa shape index (κ3) is 4.94. The van der Waals surface area contributed by atoms with E-state index < -0.39 is 0 Å². The zero-order valence-electron chi connectivity index (χ0n) is 9.18. The van der Waals surface area contributed by atoms with Gasteiger partial charge in [0, 0.05) is 21.3 Å². The van der Waals surface area contributed by atoms with E-state index in [1.807, 2.05) is 0 Å². The molecule has 0 amide bonds. The largest absolute Gasteiger partial charge is 0.493 e. The van der Waals surface area contributed by atoms with E-state index in [-0.39, 0.29) is 0 Å². The third-order valence-corrected chi connectivity index (χ3v) is 3.59. The van der Waals surface area contributed by atoms with Gasteiger partial charge in [-0.05, 0) is 24.6 Å². The van der Waals surface area contributed by atoms with Crippen molar-refractivity contribution in [2.75, 3.05) is 11.9 Å². The number of halogens is 3. The fraction of sp³-hybridized carbons (Fsp3) is 0.500. The van der Waals surface area contributed by atoms with Gasteiger partial charge in [-0.2, -0.15) is 0 Å². The fourth-order valence-electron chi connectivity index (χ4n) is 1.44. The van der Waals surface area contributed by atoms with Crippen molar-refractivity contribution in [2.45, 2.75) is 19.8 Å². The molecule has 0 fully saturated rings. The summed E-state index contributed by atoms with van der Waals surface area (Å²) in [5.74, 6) is 1.27. The first-order valence-electron chi connectivity index (χ1n) is 5.30. The van der Waals surface area contributed by atoms with Crippen LogP contribution in [0.5, 0.6) is 5.75 Å². The van der Waals surface area contributed by atoms with E-state index in [0.29, 0.717) is 22.6 Å². The van der Waals surface area contributed by atoms with Crippen molar-refractivity contribution in [3.8, 4) is 5.75 Å². The quantitative estimate of drug-likeness (QED) is 0.654. The Labute approximate surface area is 115 Å². The standard InChI is InChI=1S/C12H15BrCl2O/c1-2-3-9(7-13)8-16-12-5-10(14)4-11(15)6-12/h4-6,9H,2-3,7-8H2,1H3. The minimum Gasteiger partial charge on any atom is -0.493 e. The lowest BCUT2D eigenvalue weighted by molar-refractivity contribution is 0.255. The Kier molecular flexibility index (Phi) is 6.55. The van der Waals surface area contributed by atoms with Gasteiger partial charge in [-0.3, -0.25) is 0 Å². The Balaban J connectivity index is 2.52. The molecule has 0 saturated carbocycles. The first kappa shape index (κ1) is 14.1. The van der Waals surface area contributed by atoms with Crippen LogP contribution in [0.15, 0.2) is 18.2 Å². The van der Waals surface area contributed by atoms with E-state index in [0.717, 1.165) is 23.9 Å². The molecular formula is C12H15BrCl2O. The maximum absolute atomic E-state index is 5.89. The summed E-state index contributed by atoms with van der Waals surface area (Å²) in [6.07, 6.45) is 2.31. The number of ether oxygens (including phenoxy) is 1. The van der Waals surface area contributed by atoms with Crippen LogP contribution in [0, 0.1) is 5.92 Å². The van der Waals surface area contributed by atoms with Crippen molar-refractivity contribution in [1.29, 1.82) is 0 Å². The molecule has 1 aromatic rings. The minimum absolute atomic E-state index is 0.530. The fourth-order valence-corrected chi connectivity index (χ4v) is 2.46. The second-order valence-corrected chi connectivity index (χ2v) is 5.25. The van der Waals surface area contributed by atoms with Crippen molar-refractivity contribution in [3.63, 3.8) is 0 Å². The summed E-state index contributed by atoms with van der Waals surface area (Å²) in [4.78, 5) is 0. The topological polar surface area (TPSA) is 9.23 Å². The number of hydrogen-bond donors (Lipinski definition) is 0. The van der Waals surface area contributed by atoms with E-state index in [2.05, 4.69) is 22.9 Å². The van der Waals surface area contributed by atoms with Crippen molar-refractivity contribution in [2.24, 2.45) is 5.92 Å². The van der Waals surface area contributed by atoms with Gasteiger partial charge in [0.15, 0.2) is 0 Å². The maximum Gasteiger partial charge on any atom is 0.122 e. The van der Waals surface area contributed by atoms with Crippen LogP contribution in [-0.2, 0) is 0 Å². The van der Waals surface area contributed by atoms with Gasteiger partial charge in [0.1, 0.15) is 5.75 Å². The highest BCUT2D eigenvalue weighted by Gasteiger charge is 2.07. The second kappa shape index (κ2) is 7.41. The summed E-state index contributed by atoms with van der Waals surface area (Å²) in [6.45, 7) is 2.86.